The quantitative estimate of drug-likeness (QED) is 0.489. The van der Waals surface area contributed by atoms with Crippen molar-refractivity contribution < 1.29 is 4.79 Å². The van der Waals surface area contributed by atoms with Crippen LogP contribution in [-0.4, -0.2) is 65.0 Å². The molecule has 8 nitrogen and oxygen atoms in total. The van der Waals surface area contributed by atoms with Crippen molar-refractivity contribution in [3.63, 3.8) is 0 Å². The number of nitrogens with one attached hydrogen (secondary N) is 2. The molecule has 3 aliphatic heterocycles. The van der Waals surface area contributed by atoms with Gasteiger partial charge in [0.15, 0.2) is 0 Å². The molecule has 0 bridgehead atoms. The number of aromatic nitrogens is 3. The zero-order valence-electron chi connectivity index (χ0n) is 20.7. The third-order valence-corrected chi connectivity index (χ3v) is 8.48. The number of carbonyl (C=O) groups is 1. The molecule has 1 atom stereocenters. The van der Waals surface area contributed by atoms with Crippen molar-refractivity contribution >= 4 is 34.6 Å². The number of pyridine rings is 1. The number of fused-ring (bicyclic) bond motifs is 1. The summed E-state index contributed by atoms with van der Waals surface area (Å²) >= 11 is 1.71. The van der Waals surface area contributed by atoms with Crippen molar-refractivity contribution in [3.8, 4) is 11.3 Å². The molecule has 3 aromatic rings. The standard InChI is InChI=1S/C27H33N7OS/c1-18-23-25(32-27(18)35)29-17-30-26(23)34-12-6-19(7-13-34)24-22(28-9-14-33-10-2-3-11-33)5-4-21(31-24)20-8-15-36-16-20/h4-5,8,15-19,28H,2-3,6-7,9-14H2,1H3,(H,29,30,32,35). The van der Waals surface area contributed by atoms with Crippen LogP contribution in [0.15, 0.2) is 35.3 Å². The van der Waals surface area contributed by atoms with Crippen molar-refractivity contribution in [2.75, 3.05) is 54.8 Å². The van der Waals surface area contributed by atoms with Crippen LogP contribution in [0.1, 0.15) is 55.7 Å². The SMILES string of the molecule is CC1C(=O)Nc2ncnc(N3CCC(c4nc(-c5ccsc5)ccc4NCCN4CCCC4)CC3)c21. The van der Waals surface area contributed by atoms with E-state index >= 15 is 0 Å². The minimum absolute atomic E-state index is 0.000674. The first-order valence-electron chi connectivity index (χ1n) is 13.1. The zero-order valence-corrected chi connectivity index (χ0v) is 21.6. The third kappa shape index (κ3) is 4.57. The van der Waals surface area contributed by atoms with Crippen LogP contribution in [0.5, 0.6) is 0 Å². The van der Waals surface area contributed by atoms with Crippen molar-refractivity contribution in [1.29, 1.82) is 0 Å². The molecule has 6 heterocycles. The Labute approximate surface area is 216 Å². The molecule has 0 radical (unpaired) electrons. The van der Waals surface area contributed by atoms with Gasteiger partial charge >= 0.3 is 0 Å². The van der Waals surface area contributed by atoms with E-state index in [0.29, 0.717) is 11.7 Å². The van der Waals surface area contributed by atoms with E-state index in [1.54, 1.807) is 17.7 Å². The molecule has 2 saturated heterocycles. The molecule has 188 valence electrons. The fourth-order valence-electron chi connectivity index (χ4n) is 5.72. The average molecular weight is 504 g/mol. The maximum atomic E-state index is 12.2. The van der Waals surface area contributed by atoms with Gasteiger partial charge in [-0.3, -0.25) is 9.78 Å². The molecule has 1 unspecified atom stereocenters. The highest BCUT2D eigenvalue weighted by Gasteiger charge is 2.34. The summed E-state index contributed by atoms with van der Waals surface area (Å²) in [6, 6.07) is 6.52. The van der Waals surface area contributed by atoms with Crippen molar-refractivity contribution in [2.45, 2.75) is 44.4 Å². The van der Waals surface area contributed by atoms with Crippen LogP contribution < -0.4 is 15.5 Å². The molecule has 3 aromatic heterocycles. The van der Waals surface area contributed by atoms with Gasteiger partial charge in [-0.15, -0.1) is 0 Å². The average Bonchev–Trinajstić information content (AvgIpc) is 3.68. The van der Waals surface area contributed by atoms with Gasteiger partial charge in [-0.2, -0.15) is 11.3 Å². The smallest absolute Gasteiger partial charge is 0.233 e. The highest BCUT2D eigenvalue weighted by Crippen LogP contribution is 2.40. The van der Waals surface area contributed by atoms with E-state index in [9.17, 15) is 4.79 Å². The first-order valence-corrected chi connectivity index (χ1v) is 14.0. The van der Waals surface area contributed by atoms with Crippen molar-refractivity contribution in [3.05, 3.63) is 46.5 Å². The second kappa shape index (κ2) is 10.1. The lowest BCUT2D eigenvalue weighted by Crippen LogP contribution is -2.35. The van der Waals surface area contributed by atoms with Gasteiger partial charge in [-0.05, 0) is 69.3 Å². The molecule has 0 aliphatic carbocycles. The first-order chi connectivity index (χ1) is 17.7. The van der Waals surface area contributed by atoms with Crippen molar-refractivity contribution in [1.82, 2.24) is 19.9 Å². The minimum atomic E-state index is -0.218. The van der Waals surface area contributed by atoms with E-state index in [1.807, 2.05) is 6.92 Å². The number of likely N-dealkylation sites (tertiary alicyclic amines) is 1. The highest BCUT2D eigenvalue weighted by atomic mass is 32.1. The number of anilines is 3. The number of piperidine rings is 1. The largest absolute Gasteiger partial charge is 0.382 e. The predicted molar refractivity (Wildman–Crippen MR) is 145 cm³/mol. The Bertz CT molecular complexity index is 1220. The highest BCUT2D eigenvalue weighted by molar-refractivity contribution is 7.08. The lowest BCUT2D eigenvalue weighted by atomic mass is 9.91. The Morgan fingerprint density at radius 2 is 1.94 bits per heavy atom. The summed E-state index contributed by atoms with van der Waals surface area (Å²) in [6.45, 7) is 8.15. The Morgan fingerprint density at radius 3 is 2.72 bits per heavy atom. The van der Waals surface area contributed by atoms with Gasteiger partial charge in [-0.25, -0.2) is 9.97 Å². The topological polar surface area (TPSA) is 86.3 Å². The molecular weight excluding hydrogens is 470 g/mol. The fraction of sp³-hybridized carbons (Fsp3) is 0.481. The number of thiophene rings is 1. The monoisotopic (exact) mass is 503 g/mol. The second-order valence-electron chi connectivity index (χ2n) is 10.0. The summed E-state index contributed by atoms with van der Waals surface area (Å²) < 4.78 is 0. The molecule has 9 heteroatoms. The van der Waals surface area contributed by atoms with Gasteiger partial charge in [0.2, 0.25) is 5.91 Å². The molecule has 3 aliphatic rings. The summed E-state index contributed by atoms with van der Waals surface area (Å²) in [7, 11) is 0. The molecule has 36 heavy (non-hydrogen) atoms. The van der Waals surface area contributed by atoms with Crippen LogP contribution >= 0.6 is 11.3 Å². The summed E-state index contributed by atoms with van der Waals surface area (Å²) in [4.78, 5) is 31.2. The van der Waals surface area contributed by atoms with E-state index in [2.05, 4.69) is 59.4 Å². The van der Waals surface area contributed by atoms with Gasteiger partial charge in [0.25, 0.3) is 0 Å². The fourth-order valence-corrected chi connectivity index (χ4v) is 6.37. The van der Waals surface area contributed by atoms with Crippen LogP contribution in [0.3, 0.4) is 0 Å². The lowest BCUT2D eigenvalue weighted by molar-refractivity contribution is -0.116. The Morgan fingerprint density at radius 1 is 1.11 bits per heavy atom. The molecule has 2 fully saturated rings. The van der Waals surface area contributed by atoms with E-state index in [-0.39, 0.29) is 11.8 Å². The predicted octanol–water partition coefficient (Wildman–Crippen LogP) is 4.55. The molecule has 0 aromatic carbocycles. The van der Waals surface area contributed by atoms with E-state index in [1.165, 1.54) is 37.2 Å². The summed E-state index contributed by atoms with van der Waals surface area (Å²) in [5, 5.41) is 10.9. The van der Waals surface area contributed by atoms with Gasteiger partial charge < -0.3 is 20.4 Å². The Balaban J connectivity index is 1.20. The molecule has 0 saturated carbocycles. The lowest BCUT2D eigenvalue weighted by Gasteiger charge is -2.34. The molecule has 1 amide bonds. The normalized spacial score (nSPS) is 20.5. The number of amides is 1. The van der Waals surface area contributed by atoms with E-state index in [0.717, 1.165) is 61.8 Å². The van der Waals surface area contributed by atoms with Gasteiger partial charge in [0.1, 0.15) is 18.0 Å². The number of nitrogens with zero attached hydrogens (tertiary/aromatic N) is 5. The number of carbonyl (C=O) groups excluding carboxylic acids is 1. The third-order valence-electron chi connectivity index (χ3n) is 7.80. The molecule has 6 rings (SSSR count). The summed E-state index contributed by atoms with van der Waals surface area (Å²) in [5.41, 5.74) is 5.51. The Hall–Kier alpha value is -3.04. The Kier molecular flexibility index (Phi) is 6.58. The number of hydrogen-bond donors (Lipinski definition) is 2. The summed E-state index contributed by atoms with van der Waals surface area (Å²) in [5.74, 6) is 1.72. The van der Waals surface area contributed by atoms with Gasteiger partial charge in [0.05, 0.1) is 23.0 Å². The zero-order chi connectivity index (χ0) is 24.5. The molecule has 0 spiro atoms. The second-order valence-corrected chi connectivity index (χ2v) is 10.8. The molecular formula is C27H33N7OS. The maximum absolute atomic E-state index is 12.2. The maximum Gasteiger partial charge on any atom is 0.233 e. The molecule has 2 N–H and O–H groups in total. The van der Waals surface area contributed by atoms with Crippen LogP contribution in [0.25, 0.3) is 11.3 Å². The van der Waals surface area contributed by atoms with Crippen molar-refractivity contribution in [2.24, 2.45) is 0 Å². The number of hydrogen-bond acceptors (Lipinski definition) is 8. The van der Waals surface area contributed by atoms with Gasteiger partial charge in [0, 0.05) is 48.6 Å². The van der Waals surface area contributed by atoms with Crippen LogP contribution in [0.2, 0.25) is 0 Å². The first kappa shape index (κ1) is 23.4. The van der Waals surface area contributed by atoms with Crippen LogP contribution in [-0.2, 0) is 4.79 Å². The van der Waals surface area contributed by atoms with Crippen LogP contribution in [0, 0.1) is 0 Å². The van der Waals surface area contributed by atoms with Crippen LogP contribution in [0.4, 0.5) is 17.3 Å². The van der Waals surface area contributed by atoms with E-state index in [4.69, 9.17) is 4.98 Å². The van der Waals surface area contributed by atoms with E-state index < -0.39 is 0 Å². The summed E-state index contributed by atoms with van der Waals surface area (Å²) in [6.07, 6.45) is 6.19. The number of rotatable bonds is 7. The minimum Gasteiger partial charge on any atom is -0.382 e. The van der Waals surface area contributed by atoms with Gasteiger partial charge in [-0.1, -0.05) is 0 Å².